The van der Waals surface area contributed by atoms with Crippen molar-refractivity contribution in [1.29, 1.82) is 0 Å². The number of aromatic nitrogens is 2. The van der Waals surface area contributed by atoms with E-state index < -0.39 is 0 Å². The number of rotatable bonds is 6. The molecule has 2 aromatic rings. The number of amidine groups is 1. The van der Waals surface area contributed by atoms with Gasteiger partial charge in [-0.05, 0) is 52.0 Å². The summed E-state index contributed by atoms with van der Waals surface area (Å²) in [5, 5.41) is 4.54. The van der Waals surface area contributed by atoms with Crippen LogP contribution in [0.25, 0.3) is 5.69 Å². The summed E-state index contributed by atoms with van der Waals surface area (Å²) in [5.41, 5.74) is 1.52. The third kappa shape index (κ3) is 3.54. The third-order valence-electron chi connectivity index (χ3n) is 5.55. The normalized spacial score (nSPS) is 15.3. The second-order valence-electron chi connectivity index (χ2n) is 8.21. The first-order chi connectivity index (χ1) is 14.8. The van der Waals surface area contributed by atoms with Gasteiger partial charge in [0.05, 0.1) is 31.1 Å². The van der Waals surface area contributed by atoms with Gasteiger partial charge in [-0.15, -0.1) is 0 Å². The van der Waals surface area contributed by atoms with Crippen LogP contribution in [0, 0.1) is 0 Å². The summed E-state index contributed by atoms with van der Waals surface area (Å²) >= 11 is 0. The fourth-order valence-corrected chi connectivity index (χ4v) is 4.30. The minimum Gasteiger partial charge on any atom is -0.497 e. The van der Waals surface area contributed by atoms with Gasteiger partial charge in [0.15, 0.2) is 5.82 Å². The summed E-state index contributed by atoms with van der Waals surface area (Å²) in [6, 6.07) is 7.22. The molecule has 2 aliphatic heterocycles. The predicted octanol–water partition coefficient (Wildman–Crippen LogP) is 2.53. The molecule has 0 atom stereocenters. The molecule has 1 aromatic heterocycles. The number of hydrogen-bond acceptors (Lipinski definition) is 5. The van der Waals surface area contributed by atoms with Crippen molar-refractivity contribution in [2.45, 2.75) is 39.8 Å². The molecule has 1 aromatic carbocycles. The van der Waals surface area contributed by atoms with E-state index >= 15 is 0 Å². The zero-order valence-electron chi connectivity index (χ0n) is 18.6. The molecule has 3 amide bonds. The van der Waals surface area contributed by atoms with E-state index in [1.807, 2.05) is 52.0 Å². The Balaban J connectivity index is 1.77. The van der Waals surface area contributed by atoms with Gasteiger partial charge in [-0.1, -0.05) is 0 Å². The van der Waals surface area contributed by atoms with E-state index in [1.54, 1.807) is 27.8 Å². The highest BCUT2D eigenvalue weighted by atomic mass is 16.5. The molecule has 9 nitrogen and oxygen atoms in total. The van der Waals surface area contributed by atoms with Gasteiger partial charge in [0.1, 0.15) is 18.1 Å². The first kappa shape index (κ1) is 20.9. The van der Waals surface area contributed by atoms with Crippen molar-refractivity contribution >= 4 is 23.6 Å². The number of ether oxygens (including phenoxy) is 1. The summed E-state index contributed by atoms with van der Waals surface area (Å²) in [5.74, 6) is 1.80. The fourth-order valence-electron chi connectivity index (χ4n) is 4.30. The van der Waals surface area contributed by atoms with Gasteiger partial charge in [0.25, 0.3) is 0 Å². The number of carbonyl (C=O) groups is 2. The van der Waals surface area contributed by atoms with Crippen molar-refractivity contribution in [3.63, 3.8) is 0 Å². The van der Waals surface area contributed by atoms with Gasteiger partial charge in [0, 0.05) is 18.6 Å². The molecule has 2 aliphatic rings. The molecule has 0 radical (unpaired) electrons. The SMILES string of the molecule is COc1ccc(-n2ncc3c2N(CC(=O)N(C(C)C)C(C)C)C(=O)N2CCN=C32)cc1. The number of methoxy groups -OCH3 is 1. The highest BCUT2D eigenvalue weighted by molar-refractivity contribution is 6.20. The third-order valence-corrected chi connectivity index (χ3v) is 5.55. The zero-order valence-corrected chi connectivity index (χ0v) is 18.6. The standard InChI is InChI=1S/C22H28N6O3/c1-14(2)27(15(3)4)19(29)13-26-21-18(20-23-10-11-25(20)22(26)30)12-24-28(21)16-6-8-17(31-5)9-7-16/h6-9,12,14-15H,10-11,13H2,1-5H3. The maximum absolute atomic E-state index is 13.4. The molecular weight excluding hydrogens is 396 g/mol. The highest BCUT2D eigenvalue weighted by Gasteiger charge is 2.41. The molecule has 0 saturated carbocycles. The van der Waals surface area contributed by atoms with Crippen LogP contribution < -0.4 is 9.64 Å². The van der Waals surface area contributed by atoms with Crippen molar-refractivity contribution in [2.75, 3.05) is 31.6 Å². The van der Waals surface area contributed by atoms with E-state index in [-0.39, 0.29) is 30.6 Å². The topological polar surface area (TPSA) is 83.3 Å². The van der Waals surface area contributed by atoms with Gasteiger partial charge < -0.3 is 9.64 Å². The number of fused-ring (bicyclic) bond motifs is 3. The Morgan fingerprint density at radius 1 is 1.16 bits per heavy atom. The van der Waals surface area contributed by atoms with Crippen LogP contribution in [0.1, 0.15) is 33.3 Å². The summed E-state index contributed by atoms with van der Waals surface area (Å²) in [4.78, 5) is 36.1. The molecule has 0 bridgehead atoms. The maximum atomic E-state index is 13.4. The van der Waals surface area contributed by atoms with E-state index in [1.165, 1.54) is 4.90 Å². The van der Waals surface area contributed by atoms with Crippen LogP contribution in [-0.2, 0) is 4.79 Å². The van der Waals surface area contributed by atoms with E-state index in [4.69, 9.17) is 4.74 Å². The Kier molecular flexibility index (Phi) is 5.43. The summed E-state index contributed by atoms with van der Waals surface area (Å²) in [7, 11) is 1.61. The van der Waals surface area contributed by atoms with Crippen molar-refractivity contribution < 1.29 is 14.3 Å². The number of anilines is 1. The molecule has 0 N–H and O–H groups in total. The van der Waals surface area contributed by atoms with Crippen molar-refractivity contribution in [2.24, 2.45) is 4.99 Å². The van der Waals surface area contributed by atoms with E-state index in [2.05, 4.69) is 10.1 Å². The summed E-state index contributed by atoms with van der Waals surface area (Å²) in [6.45, 7) is 8.91. The van der Waals surface area contributed by atoms with E-state index in [0.29, 0.717) is 24.7 Å². The highest BCUT2D eigenvalue weighted by Crippen LogP contribution is 2.33. The summed E-state index contributed by atoms with van der Waals surface area (Å²) < 4.78 is 6.94. The van der Waals surface area contributed by atoms with Crippen LogP contribution >= 0.6 is 0 Å². The molecule has 164 valence electrons. The average Bonchev–Trinajstić information content (AvgIpc) is 3.38. The average molecular weight is 425 g/mol. The van der Waals surface area contributed by atoms with Crippen molar-refractivity contribution in [3.05, 3.63) is 36.0 Å². The second-order valence-corrected chi connectivity index (χ2v) is 8.21. The largest absolute Gasteiger partial charge is 0.497 e. The molecule has 0 saturated heterocycles. The lowest BCUT2D eigenvalue weighted by atomic mass is 10.2. The van der Waals surface area contributed by atoms with Gasteiger partial charge in [-0.2, -0.15) is 5.10 Å². The zero-order chi connectivity index (χ0) is 22.3. The molecule has 3 heterocycles. The molecule has 4 rings (SSSR count). The fraction of sp³-hybridized carbons (Fsp3) is 0.455. The van der Waals surface area contributed by atoms with Crippen LogP contribution in [0.2, 0.25) is 0 Å². The van der Waals surface area contributed by atoms with Crippen LogP contribution in [-0.4, -0.2) is 76.2 Å². The smallest absolute Gasteiger partial charge is 0.331 e. The van der Waals surface area contributed by atoms with Gasteiger partial charge >= 0.3 is 6.03 Å². The number of urea groups is 1. The number of nitrogens with zero attached hydrogens (tertiary/aromatic N) is 6. The first-order valence-corrected chi connectivity index (χ1v) is 10.5. The van der Waals surface area contributed by atoms with Crippen LogP contribution in [0.5, 0.6) is 5.75 Å². The molecule has 0 spiro atoms. The van der Waals surface area contributed by atoms with E-state index in [9.17, 15) is 9.59 Å². The lowest BCUT2D eigenvalue weighted by Crippen LogP contribution is -2.55. The van der Waals surface area contributed by atoms with E-state index in [0.717, 1.165) is 17.0 Å². The Bertz CT molecular complexity index is 1020. The number of carbonyl (C=O) groups excluding carboxylic acids is 2. The first-order valence-electron chi connectivity index (χ1n) is 10.5. The monoisotopic (exact) mass is 424 g/mol. The number of amides is 3. The molecule has 0 unspecified atom stereocenters. The van der Waals surface area contributed by atoms with Crippen molar-refractivity contribution in [1.82, 2.24) is 19.6 Å². The lowest BCUT2D eigenvalue weighted by molar-refractivity contribution is -0.133. The predicted molar refractivity (Wildman–Crippen MR) is 118 cm³/mol. The molecule has 31 heavy (non-hydrogen) atoms. The minimum absolute atomic E-state index is 0.0299. The Morgan fingerprint density at radius 2 is 1.84 bits per heavy atom. The Labute approximate surface area is 181 Å². The maximum Gasteiger partial charge on any atom is 0.331 e. The van der Waals surface area contributed by atoms with Crippen LogP contribution in [0.15, 0.2) is 35.5 Å². The number of benzene rings is 1. The Morgan fingerprint density at radius 3 is 2.45 bits per heavy atom. The lowest BCUT2D eigenvalue weighted by Gasteiger charge is -2.37. The molecule has 9 heteroatoms. The number of aliphatic imine (C=N–C) groups is 1. The van der Waals surface area contributed by atoms with Crippen LogP contribution in [0.3, 0.4) is 0 Å². The van der Waals surface area contributed by atoms with Crippen molar-refractivity contribution in [3.8, 4) is 11.4 Å². The van der Waals surface area contributed by atoms with Gasteiger partial charge in [0.2, 0.25) is 5.91 Å². The minimum atomic E-state index is -0.250. The van der Waals surface area contributed by atoms with Gasteiger partial charge in [-0.25, -0.2) is 9.48 Å². The Hall–Kier alpha value is -3.36. The summed E-state index contributed by atoms with van der Waals surface area (Å²) in [6.07, 6.45) is 1.71. The quantitative estimate of drug-likeness (QED) is 0.713. The molecule has 0 fully saturated rings. The number of hydrogen-bond donors (Lipinski definition) is 0. The molecule has 0 aliphatic carbocycles. The van der Waals surface area contributed by atoms with Crippen LogP contribution in [0.4, 0.5) is 10.6 Å². The molecular formula is C22H28N6O3. The van der Waals surface area contributed by atoms with Gasteiger partial charge in [-0.3, -0.25) is 19.6 Å². The second kappa shape index (κ2) is 8.05.